The second-order valence-electron chi connectivity index (χ2n) is 4.80. The van der Waals surface area contributed by atoms with Crippen molar-refractivity contribution in [2.45, 2.75) is 25.0 Å². The van der Waals surface area contributed by atoms with Gasteiger partial charge in [0.2, 0.25) is 11.8 Å². The van der Waals surface area contributed by atoms with Crippen molar-refractivity contribution in [3.63, 3.8) is 0 Å². The molecule has 6 nitrogen and oxygen atoms in total. The van der Waals surface area contributed by atoms with E-state index in [1.165, 1.54) is 0 Å². The number of nitrogens with one attached hydrogen (secondary N) is 1. The number of carboxylic acid groups (broad SMARTS) is 1. The molecule has 1 aromatic rings. The van der Waals surface area contributed by atoms with E-state index >= 15 is 0 Å². The van der Waals surface area contributed by atoms with E-state index in [1.807, 2.05) is 30.3 Å². The molecule has 1 fully saturated rings. The quantitative estimate of drug-likeness (QED) is 0.519. The Bertz CT molecular complexity index is 549. The van der Waals surface area contributed by atoms with Crippen LogP contribution in [0.4, 0.5) is 0 Å². The number of thiol groups is 1. The van der Waals surface area contributed by atoms with Crippen LogP contribution < -0.4 is 5.32 Å². The van der Waals surface area contributed by atoms with Gasteiger partial charge in [-0.2, -0.15) is 12.6 Å². The molecule has 0 aliphatic carbocycles. The number of hydrogen-bond donors (Lipinski definition) is 3. The molecular weight excluding hydrogens is 292 g/mol. The van der Waals surface area contributed by atoms with Gasteiger partial charge in [-0.3, -0.25) is 24.6 Å². The summed E-state index contributed by atoms with van der Waals surface area (Å²) in [7, 11) is 0. The van der Waals surface area contributed by atoms with Gasteiger partial charge in [0.25, 0.3) is 0 Å². The lowest BCUT2D eigenvalue weighted by Gasteiger charge is -2.18. The monoisotopic (exact) mass is 308 g/mol. The number of carbonyl (C=O) groups is 3. The zero-order chi connectivity index (χ0) is 15.4. The summed E-state index contributed by atoms with van der Waals surface area (Å²) in [6.45, 7) is 0.204. The van der Waals surface area contributed by atoms with Crippen LogP contribution in [-0.4, -0.2) is 45.6 Å². The molecular formula is C14H16N2O4S. The van der Waals surface area contributed by atoms with E-state index in [1.54, 1.807) is 0 Å². The van der Waals surface area contributed by atoms with Crippen LogP contribution in [-0.2, 0) is 20.9 Å². The lowest BCUT2D eigenvalue weighted by Crippen LogP contribution is -2.48. The molecule has 2 amide bonds. The van der Waals surface area contributed by atoms with E-state index in [0.717, 1.165) is 10.5 Å². The Kier molecular flexibility index (Phi) is 4.98. The molecule has 0 spiro atoms. The molecule has 0 aromatic heterocycles. The Morgan fingerprint density at radius 2 is 2.05 bits per heavy atom. The van der Waals surface area contributed by atoms with Crippen LogP contribution in [0.5, 0.6) is 0 Å². The van der Waals surface area contributed by atoms with Crippen molar-refractivity contribution in [2.24, 2.45) is 0 Å². The number of benzene rings is 1. The average molecular weight is 308 g/mol. The maximum absolute atomic E-state index is 12.2. The number of hydrogen-bond acceptors (Lipinski definition) is 5. The molecule has 1 aliphatic heterocycles. The smallest absolute Gasteiger partial charge is 0.321 e. The van der Waals surface area contributed by atoms with Crippen molar-refractivity contribution in [3.05, 3.63) is 35.9 Å². The van der Waals surface area contributed by atoms with E-state index in [9.17, 15) is 14.4 Å². The molecule has 2 rings (SSSR count). The predicted octanol–water partition coefficient (Wildman–Crippen LogP) is 0.287. The number of aliphatic carboxylic acids is 1. The molecule has 0 saturated carbocycles. The molecule has 112 valence electrons. The maximum Gasteiger partial charge on any atom is 0.321 e. The van der Waals surface area contributed by atoms with Crippen LogP contribution in [0.3, 0.4) is 0 Å². The van der Waals surface area contributed by atoms with Gasteiger partial charge in [-0.15, -0.1) is 0 Å². The Morgan fingerprint density at radius 3 is 2.62 bits per heavy atom. The zero-order valence-electron chi connectivity index (χ0n) is 11.2. The highest BCUT2D eigenvalue weighted by Crippen LogP contribution is 2.17. The Morgan fingerprint density at radius 1 is 1.38 bits per heavy atom. The van der Waals surface area contributed by atoms with Gasteiger partial charge in [0, 0.05) is 5.75 Å². The minimum Gasteiger partial charge on any atom is -0.480 e. The second-order valence-corrected chi connectivity index (χ2v) is 5.17. The summed E-state index contributed by atoms with van der Waals surface area (Å²) in [4.78, 5) is 36.3. The fourth-order valence-electron chi connectivity index (χ4n) is 2.19. The fraction of sp³-hybridized carbons (Fsp3) is 0.357. The minimum absolute atomic E-state index is 0.0246. The summed E-state index contributed by atoms with van der Waals surface area (Å²) < 4.78 is 0. The van der Waals surface area contributed by atoms with Crippen molar-refractivity contribution in [3.8, 4) is 0 Å². The van der Waals surface area contributed by atoms with Gasteiger partial charge in [-0.25, -0.2) is 0 Å². The SMILES string of the molecule is O=C(O)[C@H](CS)N[C@H]1CC(=O)N(Cc2ccccc2)C1=O. The standard InChI is InChI=1S/C14H16N2O4S/c17-12-6-10(15-11(8-21)14(19)20)13(18)16(12)7-9-4-2-1-3-5-9/h1-5,10-11,15,21H,6-8H2,(H,19,20)/t10-,11-/m0/s1. The highest BCUT2D eigenvalue weighted by molar-refractivity contribution is 7.80. The molecule has 0 radical (unpaired) electrons. The van der Waals surface area contributed by atoms with Gasteiger partial charge >= 0.3 is 5.97 Å². The largest absolute Gasteiger partial charge is 0.480 e. The number of amides is 2. The van der Waals surface area contributed by atoms with Gasteiger partial charge in [-0.1, -0.05) is 30.3 Å². The maximum atomic E-state index is 12.2. The summed E-state index contributed by atoms with van der Waals surface area (Å²) in [5.74, 6) is -1.74. The summed E-state index contributed by atoms with van der Waals surface area (Å²) in [6, 6.07) is 7.42. The molecule has 1 heterocycles. The van der Waals surface area contributed by atoms with Crippen LogP contribution in [0.15, 0.2) is 30.3 Å². The minimum atomic E-state index is -1.09. The fourth-order valence-corrected chi connectivity index (χ4v) is 2.45. The highest BCUT2D eigenvalue weighted by atomic mass is 32.1. The second kappa shape index (κ2) is 6.73. The number of likely N-dealkylation sites (tertiary alicyclic amines) is 1. The van der Waals surface area contributed by atoms with Crippen molar-refractivity contribution in [1.29, 1.82) is 0 Å². The van der Waals surface area contributed by atoms with Gasteiger partial charge in [-0.05, 0) is 5.56 Å². The third-order valence-corrected chi connectivity index (χ3v) is 3.68. The average Bonchev–Trinajstić information content (AvgIpc) is 2.73. The van der Waals surface area contributed by atoms with Crippen molar-refractivity contribution in [1.82, 2.24) is 10.2 Å². The molecule has 21 heavy (non-hydrogen) atoms. The molecule has 7 heteroatoms. The Balaban J connectivity index is 2.04. The highest BCUT2D eigenvalue weighted by Gasteiger charge is 2.40. The predicted molar refractivity (Wildman–Crippen MR) is 78.8 cm³/mol. The van der Waals surface area contributed by atoms with Crippen molar-refractivity contribution < 1.29 is 19.5 Å². The van der Waals surface area contributed by atoms with Crippen LogP contribution in [0.1, 0.15) is 12.0 Å². The van der Waals surface area contributed by atoms with Gasteiger partial charge in [0.15, 0.2) is 0 Å². The van der Waals surface area contributed by atoms with E-state index < -0.39 is 24.0 Å². The van der Waals surface area contributed by atoms with Crippen LogP contribution in [0.2, 0.25) is 0 Å². The lowest BCUT2D eigenvalue weighted by molar-refractivity contribution is -0.139. The van der Waals surface area contributed by atoms with E-state index in [2.05, 4.69) is 17.9 Å². The zero-order valence-corrected chi connectivity index (χ0v) is 12.1. The topological polar surface area (TPSA) is 86.7 Å². The van der Waals surface area contributed by atoms with E-state index in [4.69, 9.17) is 5.11 Å². The Labute approximate surface area is 127 Å². The van der Waals surface area contributed by atoms with Crippen molar-refractivity contribution in [2.75, 3.05) is 5.75 Å². The number of carbonyl (C=O) groups excluding carboxylic acids is 2. The third-order valence-electron chi connectivity index (χ3n) is 3.31. The first-order valence-electron chi connectivity index (χ1n) is 6.50. The first kappa shape index (κ1) is 15.5. The van der Waals surface area contributed by atoms with Crippen LogP contribution in [0.25, 0.3) is 0 Å². The summed E-state index contributed by atoms with van der Waals surface area (Å²) in [5.41, 5.74) is 0.851. The molecule has 0 bridgehead atoms. The first-order valence-corrected chi connectivity index (χ1v) is 7.14. The number of imide groups is 1. The number of nitrogens with zero attached hydrogens (tertiary/aromatic N) is 1. The third kappa shape index (κ3) is 3.62. The summed E-state index contributed by atoms with van der Waals surface area (Å²) in [6.07, 6.45) is -0.0246. The number of rotatable bonds is 6. The normalized spacial score (nSPS) is 19.9. The molecule has 1 aliphatic rings. The number of carboxylic acids is 1. The van der Waals surface area contributed by atoms with Gasteiger partial charge in [0.1, 0.15) is 6.04 Å². The summed E-state index contributed by atoms with van der Waals surface area (Å²) >= 11 is 3.93. The molecule has 1 saturated heterocycles. The van der Waals surface area contributed by atoms with Crippen LogP contribution >= 0.6 is 12.6 Å². The van der Waals surface area contributed by atoms with Gasteiger partial charge in [0.05, 0.1) is 19.0 Å². The Hall–Kier alpha value is -1.86. The summed E-state index contributed by atoms with van der Waals surface area (Å²) in [5, 5.41) is 11.6. The lowest BCUT2D eigenvalue weighted by atomic mass is 10.2. The van der Waals surface area contributed by atoms with Gasteiger partial charge < -0.3 is 5.11 Å². The first-order chi connectivity index (χ1) is 10.0. The molecule has 0 unspecified atom stereocenters. The van der Waals surface area contributed by atoms with Crippen LogP contribution in [0, 0.1) is 0 Å². The van der Waals surface area contributed by atoms with Crippen molar-refractivity contribution >= 4 is 30.4 Å². The van der Waals surface area contributed by atoms with E-state index in [0.29, 0.717) is 0 Å². The molecule has 1 aromatic carbocycles. The molecule has 2 atom stereocenters. The van der Waals surface area contributed by atoms with E-state index in [-0.39, 0.29) is 24.6 Å². The molecule has 2 N–H and O–H groups in total.